The third kappa shape index (κ3) is 1.72. The van der Waals surface area contributed by atoms with Gasteiger partial charge in [0.05, 0.1) is 5.02 Å². The highest BCUT2D eigenvalue weighted by Gasteiger charge is 2.21. The number of rotatable bonds is 1. The van der Waals surface area contributed by atoms with E-state index in [1.165, 1.54) is 24.0 Å². The molecule has 13 heavy (non-hydrogen) atoms. The predicted molar refractivity (Wildman–Crippen MR) is 64.3 cm³/mol. The monoisotopic (exact) mass is 307 g/mol. The third-order valence-corrected chi connectivity index (χ3v) is 4.13. The van der Waals surface area contributed by atoms with Crippen LogP contribution in [0.25, 0.3) is 0 Å². The smallest absolute Gasteiger partial charge is 0.0542 e. The van der Waals surface area contributed by atoms with E-state index in [1.807, 2.05) is 7.05 Å². The zero-order valence-electron chi connectivity index (χ0n) is 7.40. The highest BCUT2D eigenvalue weighted by Crippen LogP contribution is 2.34. The van der Waals surface area contributed by atoms with Crippen LogP contribution in [-0.4, -0.2) is 7.05 Å². The molecule has 0 spiro atoms. The van der Waals surface area contributed by atoms with Gasteiger partial charge in [-0.2, -0.15) is 0 Å². The Balaban J connectivity index is 2.47. The average molecular weight is 308 g/mol. The number of aryl methyl sites for hydroxylation is 1. The van der Waals surface area contributed by atoms with Gasteiger partial charge in [-0.25, -0.2) is 0 Å². The Morgan fingerprint density at radius 3 is 3.00 bits per heavy atom. The van der Waals surface area contributed by atoms with E-state index in [-0.39, 0.29) is 0 Å². The van der Waals surface area contributed by atoms with Gasteiger partial charge in [0.2, 0.25) is 0 Å². The summed E-state index contributed by atoms with van der Waals surface area (Å²) in [5.74, 6) is 0. The maximum absolute atomic E-state index is 6.08. The molecular weight excluding hydrogens is 296 g/mol. The van der Waals surface area contributed by atoms with Crippen molar-refractivity contribution in [3.8, 4) is 0 Å². The van der Waals surface area contributed by atoms with Crippen molar-refractivity contribution >= 4 is 34.2 Å². The first-order valence-electron chi connectivity index (χ1n) is 4.37. The van der Waals surface area contributed by atoms with Gasteiger partial charge >= 0.3 is 0 Å². The first kappa shape index (κ1) is 9.74. The van der Waals surface area contributed by atoms with Crippen LogP contribution in [0, 0.1) is 3.57 Å². The van der Waals surface area contributed by atoms with Crippen LogP contribution in [0.4, 0.5) is 0 Å². The number of hydrogen-bond donors (Lipinski definition) is 1. The van der Waals surface area contributed by atoms with Gasteiger partial charge < -0.3 is 5.32 Å². The fraction of sp³-hybridized carbons (Fsp3) is 0.400. The zero-order valence-corrected chi connectivity index (χ0v) is 10.3. The molecule has 1 aromatic carbocycles. The van der Waals surface area contributed by atoms with E-state index in [2.05, 4.69) is 40.0 Å². The van der Waals surface area contributed by atoms with E-state index in [0.29, 0.717) is 6.04 Å². The van der Waals surface area contributed by atoms with Gasteiger partial charge in [-0.1, -0.05) is 11.6 Å². The molecule has 0 aromatic heterocycles. The quantitative estimate of drug-likeness (QED) is 0.786. The molecule has 1 aliphatic rings. The van der Waals surface area contributed by atoms with Crippen LogP contribution in [0.15, 0.2) is 12.1 Å². The second-order valence-electron chi connectivity index (χ2n) is 3.35. The SMILES string of the molecule is CNC1CCc2cc(I)c(Cl)cc21. The number of fused-ring (bicyclic) bond motifs is 1. The van der Waals surface area contributed by atoms with Crippen molar-refractivity contribution in [1.82, 2.24) is 5.32 Å². The van der Waals surface area contributed by atoms with E-state index in [1.54, 1.807) is 0 Å². The summed E-state index contributed by atoms with van der Waals surface area (Å²) in [7, 11) is 2.01. The van der Waals surface area contributed by atoms with Crippen LogP contribution in [-0.2, 0) is 6.42 Å². The van der Waals surface area contributed by atoms with Gasteiger partial charge in [-0.15, -0.1) is 0 Å². The molecule has 0 saturated heterocycles. The summed E-state index contributed by atoms with van der Waals surface area (Å²) in [6, 6.07) is 4.81. The topological polar surface area (TPSA) is 12.0 Å². The van der Waals surface area contributed by atoms with Crippen LogP contribution in [0.1, 0.15) is 23.6 Å². The summed E-state index contributed by atoms with van der Waals surface area (Å²) in [5, 5.41) is 4.18. The van der Waals surface area contributed by atoms with Crippen molar-refractivity contribution in [2.75, 3.05) is 7.05 Å². The van der Waals surface area contributed by atoms with Crippen LogP contribution < -0.4 is 5.32 Å². The molecule has 1 aromatic rings. The molecule has 70 valence electrons. The lowest BCUT2D eigenvalue weighted by Gasteiger charge is -2.10. The Hall–Kier alpha value is 0.200. The molecule has 0 fully saturated rings. The van der Waals surface area contributed by atoms with E-state index in [9.17, 15) is 0 Å². The molecule has 3 heteroatoms. The fourth-order valence-corrected chi connectivity index (χ4v) is 2.60. The van der Waals surface area contributed by atoms with Gasteiger partial charge in [0, 0.05) is 9.61 Å². The highest BCUT2D eigenvalue weighted by molar-refractivity contribution is 14.1. The van der Waals surface area contributed by atoms with Crippen molar-refractivity contribution < 1.29 is 0 Å². The molecule has 0 bridgehead atoms. The normalized spacial score (nSPS) is 20.4. The van der Waals surface area contributed by atoms with E-state index in [0.717, 1.165) is 8.59 Å². The summed E-state index contributed by atoms with van der Waals surface area (Å²) in [4.78, 5) is 0. The van der Waals surface area contributed by atoms with Crippen molar-refractivity contribution in [2.24, 2.45) is 0 Å². The lowest BCUT2D eigenvalue weighted by atomic mass is 10.1. The first-order valence-corrected chi connectivity index (χ1v) is 5.83. The summed E-state index contributed by atoms with van der Waals surface area (Å²) in [5.41, 5.74) is 2.83. The number of benzene rings is 1. The van der Waals surface area contributed by atoms with Crippen LogP contribution in [0.3, 0.4) is 0 Å². The summed E-state index contributed by atoms with van der Waals surface area (Å²) in [6.07, 6.45) is 2.37. The van der Waals surface area contributed by atoms with E-state index >= 15 is 0 Å². The Labute approximate surface area is 97.0 Å². The maximum Gasteiger partial charge on any atom is 0.0542 e. The molecule has 0 amide bonds. The lowest BCUT2D eigenvalue weighted by molar-refractivity contribution is 0.590. The standard InChI is InChI=1S/C10H11ClIN/c1-13-10-3-2-6-4-9(12)8(11)5-7(6)10/h4-5,10,13H,2-3H2,1H3. The van der Waals surface area contributed by atoms with E-state index in [4.69, 9.17) is 11.6 Å². The largest absolute Gasteiger partial charge is 0.313 e. The Morgan fingerprint density at radius 1 is 1.54 bits per heavy atom. The summed E-state index contributed by atoms with van der Waals surface area (Å²) >= 11 is 8.36. The Morgan fingerprint density at radius 2 is 2.31 bits per heavy atom. The van der Waals surface area contributed by atoms with Crippen LogP contribution in [0.5, 0.6) is 0 Å². The van der Waals surface area contributed by atoms with Gasteiger partial charge in [0.15, 0.2) is 0 Å². The zero-order chi connectivity index (χ0) is 9.42. The molecule has 0 aliphatic heterocycles. The molecule has 1 aliphatic carbocycles. The van der Waals surface area contributed by atoms with E-state index < -0.39 is 0 Å². The Kier molecular flexibility index (Phi) is 2.81. The van der Waals surface area contributed by atoms with Crippen molar-refractivity contribution in [3.05, 3.63) is 31.9 Å². The van der Waals surface area contributed by atoms with Crippen molar-refractivity contribution in [3.63, 3.8) is 0 Å². The minimum Gasteiger partial charge on any atom is -0.313 e. The Bertz CT molecular complexity index is 338. The molecule has 1 unspecified atom stereocenters. The second kappa shape index (κ2) is 3.75. The van der Waals surface area contributed by atoms with Gasteiger partial charge in [0.25, 0.3) is 0 Å². The minimum atomic E-state index is 0.504. The van der Waals surface area contributed by atoms with Crippen LogP contribution in [0.2, 0.25) is 5.02 Å². The average Bonchev–Trinajstić information content (AvgIpc) is 2.48. The molecule has 1 atom stereocenters. The summed E-state index contributed by atoms with van der Waals surface area (Å²) in [6.45, 7) is 0. The lowest BCUT2D eigenvalue weighted by Crippen LogP contribution is -2.12. The van der Waals surface area contributed by atoms with Gasteiger partial charge in [-0.3, -0.25) is 0 Å². The fourth-order valence-electron chi connectivity index (χ4n) is 1.90. The highest BCUT2D eigenvalue weighted by atomic mass is 127. The molecule has 1 nitrogen and oxygen atoms in total. The summed E-state index contributed by atoms with van der Waals surface area (Å²) < 4.78 is 1.16. The predicted octanol–water partition coefficient (Wildman–Crippen LogP) is 3.15. The number of nitrogens with one attached hydrogen (secondary N) is 1. The van der Waals surface area contributed by atoms with Gasteiger partial charge in [-0.05, 0) is 65.7 Å². The van der Waals surface area contributed by atoms with Crippen molar-refractivity contribution in [1.29, 1.82) is 0 Å². The number of hydrogen-bond acceptors (Lipinski definition) is 1. The van der Waals surface area contributed by atoms with Gasteiger partial charge in [0.1, 0.15) is 0 Å². The third-order valence-electron chi connectivity index (χ3n) is 2.61. The second-order valence-corrected chi connectivity index (χ2v) is 4.91. The van der Waals surface area contributed by atoms with Crippen LogP contribution >= 0.6 is 34.2 Å². The molecule has 0 heterocycles. The molecule has 0 saturated carbocycles. The van der Waals surface area contributed by atoms with Crippen molar-refractivity contribution in [2.45, 2.75) is 18.9 Å². The molecular formula is C10H11ClIN. The first-order chi connectivity index (χ1) is 6.22. The molecule has 2 rings (SSSR count). The minimum absolute atomic E-state index is 0.504. The molecule has 1 N–H and O–H groups in total. The maximum atomic E-state index is 6.08. The number of halogens is 2. The molecule has 0 radical (unpaired) electrons.